The van der Waals surface area contributed by atoms with Gasteiger partial charge in [0.25, 0.3) is 0 Å². The van der Waals surface area contributed by atoms with Crippen molar-refractivity contribution in [3.05, 3.63) is 64.5 Å². The number of aliphatic imine (C=N–C) groups is 1. The summed E-state index contributed by atoms with van der Waals surface area (Å²) in [6.07, 6.45) is 1.82. The monoisotopic (exact) mass is 341 g/mol. The molecule has 0 bridgehead atoms. The topological polar surface area (TPSA) is 51.9 Å². The molecule has 0 amide bonds. The van der Waals surface area contributed by atoms with Crippen LogP contribution in [0.5, 0.6) is 0 Å². The van der Waals surface area contributed by atoms with Crippen LogP contribution < -0.4 is 0 Å². The number of fused-ring (bicyclic) bond motifs is 1. The first-order chi connectivity index (χ1) is 10.2. The second-order valence-corrected chi connectivity index (χ2v) is 5.27. The van der Waals surface area contributed by atoms with E-state index in [9.17, 15) is 9.65 Å². The number of H-pyrrole nitrogens is 1. The zero-order chi connectivity index (χ0) is 14.8. The maximum absolute atomic E-state index is 13.2. The van der Waals surface area contributed by atoms with Crippen LogP contribution in [-0.4, -0.2) is 10.7 Å². The Bertz CT molecular complexity index is 890. The van der Waals surface area contributed by atoms with Gasteiger partial charge in [0, 0.05) is 22.7 Å². The standard InChI is InChI=1S/C16H9BrFN3/c17-13-8-10(4-5-14(13)18)21-16(9-19)11-2-1-3-15-12(11)6-7-20-15/h1-8,20H. The SMILES string of the molecule is N#CC(=Nc1ccc(F)c(Br)c1)c1cccc2[nH]ccc12. The van der Waals surface area contributed by atoms with E-state index in [-0.39, 0.29) is 5.82 Å². The molecule has 1 N–H and O–H groups in total. The lowest BCUT2D eigenvalue weighted by Crippen LogP contribution is -1.97. The van der Waals surface area contributed by atoms with Gasteiger partial charge in [-0.15, -0.1) is 0 Å². The summed E-state index contributed by atoms with van der Waals surface area (Å²) in [6, 6.07) is 14.0. The van der Waals surface area contributed by atoms with Crippen molar-refractivity contribution in [1.29, 1.82) is 5.26 Å². The molecule has 0 aliphatic rings. The van der Waals surface area contributed by atoms with E-state index in [4.69, 9.17) is 0 Å². The Morgan fingerprint density at radius 3 is 2.86 bits per heavy atom. The molecule has 102 valence electrons. The summed E-state index contributed by atoms with van der Waals surface area (Å²) in [5.74, 6) is -0.361. The van der Waals surface area contributed by atoms with Crippen LogP contribution in [0.1, 0.15) is 5.56 Å². The summed E-state index contributed by atoms with van der Waals surface area (Å²) in [4.78, 5) is 7.42. The zero-order valence-electron chi connectivity index (χ0n) is 10.8. The second-order valence-electron chi connectivity index (χ2n) is 4.42. The van der Waals surface area contributed by atoms with Gasteiger partial charge >= 0.3 is 0 Å². The van der Waals surface area contributed by atoms with E-state index in [1.54, 1.807) is 6.07 Å². The molecule has 5 heteroatoms. The molecular formula is C16H9BrFN3. The fraction of sp³-hybridized carbons (Fsp3) is 0. The summed E-state index contributed by atoms with van der Waals surface area (Å²) in [6.45, 7) is 0. The zero-order valence-corrected chi connectivity index (χ0v) is 12.4. The minimum absolute atomic E-state index is 0.290. The third kappa shape index (κ3) is 2.58. The fourth-order valence-corrected chi connectivity index (χ4v) is 2.49. The average Bonchev–Trinajstić information content (AvgIpc) is 2.97. The molecule has 3 rings (SSSR count). The van der Waals surface area contributed by atoms with Crippen LogP contribution in [0.25, 0.3) is 10.9 Å². The quantitative estimate of drug-likeness (QED) is 0.674. The predicted molar refractivity (Wildman–Crippen MR) is 84.2 cm³/mol. The van der Waals surface area contributed by atoms with E-state index in [0.717, 1.165) is 16.5 Å². The van der Waals surface area contributed by atoms with Gasteiger partial charge in [0.15, 0.2) is 0 Å². The maximum atomic E-state index is 13.2. The van der Waals surface area contributed by atoms with Crippen molar-refractivity contribution in [1.82, 2.24) is 4.98 Å². The lowest BCUT2D eigenvalue weighted by molar-refractivity contribution is 0.621. The van der Waals surface area contributed by atoms with Gasteiger partial charge in [-0.1, -0.05) is 12.1 Å². The van der Waals surface area contributed by atoms with E-state index < -0.39 is 0 Å². The summed E-state index contributed by atoms with van der Waals surface area (Å²) >= 11 is 3.12. The number of benzene rings is 2. The third-order valence-corrected chi connectivity index (χ3v) is 3.71. The number of hydrogen-bond acceptors (Lipinski definition) is 2. The summed E-state index contributed by atoms with van der Waals surface area (Å²) in [5, 5.41) is 10.3. The minimum Gasteiger partial charge on any atom is -0.361 e. The molecular weight excluding hydrogens is 333 g/mol. The van der Waals surface area contributed by atoms with Crippen molar-refractivity contribution in [2.75, 3.05) is 0 Å². The molecule has 0 fully saturated rings. The molecule has 21 heavy (non-hydrogen) atoms. The largest absolute Gasteiger partial charge is 0.361 e. The van der Waals surface area contributed by atoms with Crippen molar-refractivity contribution >= 4 is 38.2 Å². The van der Waals surface area contributed by atoms with E-state index >= 15 is 0 Å². The molecule has 0 saturated carbocycles. The van der Waals surface area contributed by atoms with Crippen molar-refractivity contribution in [2.45, 2.75) is 0 Å². The number of halogens is 2. The van der Waals surface area contributed by atoms with E-state index in [0.29, 0.717) is 15.9 Å². The third-order valence-electron chi connectivity index (χ3n) is 3.10. The first-order valence-electron chi connectivity index (χ1n) is 6.19. The van der Waals surface area contributed by atoms with Gasteiger partial charge in [-0.05, 0) is 46.3 Å². The van der Waals surface area contributed by atoms with Gasteiger partial charge in [0.2, 0.25) is 0 Å². The molecule has 0 spiro atoms. The molecule has 2 aromatic carbocycles. The minimum atomic E-state index is -0.361. The second kappa shape index (κ2) is 5.51. The van der Waals surface area contributed by atoms with E-state index in [2.05, 4.69) is 32.0 Å². The normalized spacial score (nSPS) is 11.6. The molecule has 0 aliphatic heterocycles. The highest BCUT2D eigenvalue weighted by molar-refractivity contribution is 9.10. The highest BCUT2D eigenvalue weighted by atomic mass is 79.9. The van der Waals surface area contributed by atoms with Crippen molar-refractivity contribution in [2.24, 2.45) is 4.99 Å². The molecule has 3 nitrogen and oxygen atoms in total. The average molecular weight is 342 g/mol. The lowest BCUT2D eigenvalue weighted by atomic mass is 10.1. The van der Waals surface area contributed by atoms with Crippen LogP contribution in [0.4, 0.5) is 10.1 Å². The van der Waals surface area contributed by atoms with Gasteiger partial charge < -0.3 is 4.98 Å². The van der Waals surface area contributed by atoms with Gasteiger partial charge in [0.05, 0.1) is 10.2 Å². The van der Waals surface area contributed by atoms with E-state index in [1.165, 1.54) is 12.1 Å². The number of rotatable bonds is 2. The Hall–Kier alpha value is -2.45. The molecule has 0 unspecified atom stereocenters. The molecule has 1 aromatic heterocycles. The Labute approximate surface area is 128 Å². The fourth-order valence-electron chi connectivity index (χ4n) is 2.12. The van der Waals surface area contributed by atoms with Crippen LogP contribution in [0.3, 0.4) is 0 Å². The number of aromatic amines is 1. The maximum Gasteiger partial charge on any atom is 0.149 e. The highest BCUT2D eigenvalue weighted by Gasteiger charge is 2.09. The molecule has 0 radical (unpaired) electrons. The van der Waals surface area contributed by atoms with Crippen LogP contribution >= 0.6 is 15.9 Å². The molecule has 1 heterocycles. The Balaban J connectivity index is 2.14. The number of hydrogen-bond donors (Lipinski definition) is 1. The number of nitrogens with one attached hydrogen (secondary N) is 1. The van der Waals surface area contributed by atoms with Crippen LogP contribution in [0.2, 0.25) is 0 Å². The molecule has 0 saturated heterocycles. The van der Waals surface area contributed by atoms with E-state index in [1.807, 2.05) is 30.5 Å². The van der Waals surface area contributed by atoms with Gasteiger partial charge in [-0.2, -0.15) is 5.26 Å². The smallest absolute Gasteiger partial charge is 0.149 e. The summed E-state index contributed by atoms with van der Waals surface area (Å²) in [7, 11) is 0. The van der Waals surface area contributed by atoms with Gasteiger partial charge in [0.1, 0.15) is 17.6 Å². The predicted octanol–water partition coefficient (Wildman–Crippen LogP) is 4.71. The first kappa shape index (κ1) is 13.5. The van der Waals surface area contributed by atoms with Crippen molar-refractivity contribution in [3.8, 4) is 6.07 Å². The van der Waals surface area contributed by atoms with Crippen LogP contribution in [0.15, 0.2) is 58.1 Å². The Morgan fingerprint density at radius 2 is 2.10 bits per heavy atom. The molecule has 0 aliphatic carbocycles. The van der Waals surface area contributed by atoms with Crippen LogP contribution in [0, 0.1) is 17.1 Å². The van der Waals surface area contributed by atoms with Crippen molar-refractivity contribution < 1.29 is 4.39 Å². The number of aromatic nitrogens is 1. The highest BCUT2D eigenvalue weighted by Crippen LogP contribution is 2.24. The molecule has 3 aromatic rings. The van der Waals surface area contributed by atoms with Gasteiger partial charge in [-0.25, -0.2) is 9.38 Å². The Morgan fingerprint density at radius 1 is 1.24 bits per heavy atom. The lowest BCUT2D eigenvalue weighted by Gasteiger charge is -2.02. The van der Waals surface area contributed by atoms with Crippen molar-refractivity contribution in [3.63, 3.8) is 0 Å². The molecule has 0 atom stereocenters. The number of nitrogens with zero attached hydrogens (tertiary/aromatic N) is 2. The first-order valence-corrected chi connectivity index (χ1v) is 6.98. The summed E-state index contributed by atoms with van der Waals surface area (Å²) in [5.41, 5.74) is 2.50. The Kier molecular flexibility index (Phi) is 3.55. The summed E-state index contributed by atoms with van der Waals surface area (Å²) < 4.78 is 13.6. The van der Waals surface area contributed by atoms with Crippen LogP contribution in [-0.2, 0) is 0 Å². The number of nitriles is 1. The van der Waals surface area contributed by atoms with Gasteiger partial charge in [-0.3, -0.25) is 0 Å².